The number of nitrogens with zero attached hydrogens (tertiary/aromatic N) is 3. The van der Waals surface area contributed by atoms with Crippen LogP contribution in [0, 0.1) is 11.3 Å². The molecule has 1 heterocycles. The van der Waals surface area contributed by atoms with Crippen molar-refractivity contribution in [2.75, 3.05) is 11.5 Å². The van der Waals surface area contributed by atoms with Gasteiger partial charge in [-0.05, 0) is 11.6 Å². The van der Waals surface area contributed by atoms with Crippen molar-refractivity contribution in [2.45, 2.75) is 0 Å². The molecule has 0 bridgehead atoms. The maximum absolute atomic E-state index is 10.5. The number of anilines is 2. The van der Waals surface area contributed by atoms with Gasteiger partial charge in [-0.1, -0.05) is 24.3 Å². The van der Waals surface area contributed by atoms with Crippen molar-refractivity contribution in [3.8, 4) is 17.3 Å². The predicted octanol–water partition coefficient (Wildman–Crippen LogP) is 1.28. The SMILES string of the molecule is N#Cc1c(N)nc(N)nc1-c1ccc(C=CC(=O)O)cc1. The Bertz CT molecular complexity index is 760. The Morgan fingerprint density at radius 2 is 1.90 bits per heavy atom. The molecule has 2 aromatic rings. The minimum Gasteiger partial charge on any atom is -0.478 e. The first kappa shape index (κ1) is 14.0. The van der Waals surface area contributed by atoms with E-state index >= 15 is 0 Å². The second-order valence-corrected chi connectivity index (χ2v) is 4.10. The van der Waals surface area contributed by atoms with Gasteiger partial charge in [0, 0.05) is 11.6 Å². The van der Waals surface area contributed by atoms with Gasteiger partial charge < -0.3 is 16.6 Å². The summed E-state index contributed by atoms with van der Waals surface area (Å²) in [7, 11) is 0. The van der Waals surface area contributed by atoms with Crippen molar-refractivity contribution in [1.29, 1.82) is 5.26 Å². The zero-order valence-corrected chi connectivity index (χ0v) is 10.8. The monoisotopic (exact) mass is 281 g/mol. The number of hydrogen-bond donors (Lipinski definition) is 3. The van der Waals surface area contributed by atoms with Crippen LogP contribution >= 0.6 is 0 Å². The number of benzene rings is 1. The molecule has 0 aliphatic rings. The van der Waals surface area contributed by atoms with Gasteiger partial charge in [0.2, 0.25) is 5.95 Å². The summed E-state index contributed by atoms with van der Waals surface area (Å²) in [6, 6.07) is 8.74. The van der Waals surface area contributed by atoms with Crippen LogP contribution < -0.4 is 11.5 Å². The Morgan fingerprint density at radius 1 is 1.24 bits per heavy atom. The maximum Gasteiger partial charge on any atom is 0.328 e. The molecule has 0 amide bonds. The lowest BCUT2D eigenvalue weighted by atomic mass is 10.0. The molecule has 0 fully saturated rings. The number of aliphatic carboxylic acids is 1. The van der Waals surface area contributed by atoms with E-state index in [9.17, 15) is 4.79 Å². The fourth-order valence-corrected chi connectivity index (χ4v) is 1.73. The Balaban J connectivity index is 2.44. The number of hydrogen-bond acceptors (Lipinski definition) is 6. The fourth-order valence-electron chi connectivity index (χ4n) is 1.73. The van der Waals surface area contributed by atoms with E-state index in [1.54, 1.807) is 24.3 Å². The number of nitrogen functional groups attached to an aromatic ring is 2. The van der Waals surface area contributed by atoms with E-state index in [1.807, 2.05) is 6.07 Å². The van der Waals surface area contributed by atoms with Gasteiger partial charge in [0.25, 0.3) is 0 Å². The van der Waals surface area contributed by atoms with Crippen LogP contribution in [-0.2, 0) is 4.79 Å². The maximum atomic E-state index is 10.5. The van der Waals surface area contributed by atoms with E-state index in [-0.39, 0.29) is 17.3 Å². The molecule has 0 aliphatic carbocycles. The van der Waals surface area contributed by atoms with Crippen molar-refractivity contribution in [1.82, 2.24) is 9.97 Å². The summed E-state index contributed by atoms with van der Waals surface area (Å²) in [5, 5.41) is 17.7. The predicted molar refractivity (Wildman–Crippen MR) is 77.7 cm³/mol. The summed E-state index contributed by atoms with van der Waals surface area (Å²) in [5.41, 5.74) is 13.0. The average molecular weight is 281 g/mol. The largest absolute Gasteiger partial charge is 0.478 e. The average Bonchev–Trinajstić information content (AvgIpc) is 2.45. The summed E-state index contributed by atoms with van der Waals surface area (Å²) >= 11 is 0. The molecule has 2 rings (SSSR count). The molecule has 0 atom stereocenters. The van der Waals surface area contributed by atoms with Crippen molar-refractivity contribution in [2.24, 2.45) is 0 Å². The summed E-state index contributed by atoms with van der Waals surface area (Å²) in [4.78, 5) is 18.2. The lowest BCUT2D eigenvalue weighted by Gasteiger charge is -2.06. The third-order valence-electron chi connectivity index (χ3n) is 2.67. The summed E-state index contributed by atoms with van der Waals surface area (Å²) in [5.74, 6) is -1.02. The fraction of sp³-hybridized carbons (Fsp3) is 0. The van der Waals surface area contributed by atoms with Crippen LogP contribution in [-0.4, -0.2) is 21.0 Å². The minimum absolute atomic E-state index is 0.0173. The van der Waals surface area contributed by atoms with E-state index in [1.165, 1.54) is 6.08 Å². The van der Waals surface area contributed by atoms with E-state index in [0.717, 1.165) is 6.08 Å². The number of aromatic nitrogens is 2. The number of carboxylic acid groups (broad SMARTS) is 1. The van der Waals surface area contributed by atoms with Gasteiger partial charge in [0.05, 0.1) is 5.69 Å². The molecule has 1 aromatic carbocycles. The molecular weight excluding hydrogens is 270 g/mol. The first-order chi connectivity index (χ1) is 10.0. The van der Waals surface area contributed by atoms with Crippen molar-refractivity contribution >= 4 is 23.8 Å². The third-order valence-corrected chi connectivity index (χ3v) is 2.67. The van der Waals surface area contributed by atoms with Gasteiger partial charge in [-0.25, -0.2) is 9.78 Å². The second-order valence-electron chi connectivity index (χ2n) is 4.10. The molecule has 0 spiro atoms. The summed E-state index contributed by atoms with van der Waals surface area (Å²) in [6.07, 6.45) is 2.50. The first-order valence-corrected chi connectivity index (χ1v) is 5.86. The highest BCUT2D eigenvalue weighted by atomic mass is 16.4. The topological polar surface area (TPSA) is 139 Å². The van der Waals surface area contributed by atoms with Crippen LogP contribution in [0.3, 0.4) is 0 Å². The lowest BCUT2D eigenvalue weighted by Crippen LogP contribution is -2.04. The zero-order valence-electron chi connectivity index (χ0n) is 10.8. The van der Waals surface area contributed by atoms with Crippen LogP contribution in [0.15, 0.2) is 30.3 Å². The highest BCUT2D eigenvalue weighted by Crippen LogP contribution is 2.25. The van der Waals surface area contributed by atoms with Crippen LogP contribution in [0.4, 0.5) is 11.8 Å². The molecule has 104 valence electrons. The normalized spacial score (nSPS) is 10.4. The van der Waals surface area contributed by atoms with Gasteiger partial charge in [-0.15, -0.1) is 0 Å². The number of carboxylic acids is 1. The smallest absolute Gasteiger partial charge is 0.328 e. The quantitative estimate of drug-likeness (QED) is 0.720. The first-order valence-electron chi connectivity index (χ1n) is 5.86. The Labute approximate surface area is 120 Å². The molecule has 7 nitrogen and oxygen atoms in total. The number of nitrogens with two attached hydrogens (primary N) is 2. The third kappa shape index (κ3) is 3.13. The van der Waals surface area contributed by atoms with Crippen LogP contribution in [0.2, 0.25) is 0 Å². The molecule has 21 heavy (non-hydrogen) atoms. The molecule has 0 saturated carbocycles. The molecule has 7 heteroatoms. The number of nitriles is 1. The summed E-state index contributed by atoms with van der Waals surface area (Å²) in [6.45, 7) is 0. The summed E-state index contributed by atoms with van der Waals surface area (Å²) < 4.78 is 0. The Morgan fingerprint density at radius 3 is 2.48 bits per heavy atom. The Hall–Kier alpha value is -3.40. The van der Waals surface area contributed by atoms with Gasteiger partial charge >= 0.3 is 5.97 Å². The van der Waals surface area contributed by atoms with Crippen LogP contribution in [0.1, 0.15) is 11.1 Å². The Kier molecular flexibility index (Phi) is 3.81. The number of carbonyl (C=O) groups is 1. The van der Waals surface area contributed by atoms with E-state index < -0.39 is 5.97 Å². The molecule has 0 aliphatic heterocycles. The molecule has 0 unspecified atom stereocenters. The molecule has 1 aromatic heterocycles. The van der Waals surface area contributed by atoms with Gasteiger partial charge in [0.1, 0.15) is 17.5 Å². The van der Waals surface area contributed by atoms with Gasteiger partial charge in [0.15, 0.2) is 0 Å². The minimum atomic E-state index is -1.03. The van der Waals surface area contributed by atoms with E-state index in [2.05, 4.69) is 9.97 Å². The molecular formula is C14H11N5O2. The molecule has 0 saturated heterocycles. The van der Waals surface area contributed by atoms with Crippen molar-refractivity contribution < 1.29 is 9.90 Å². The number of rotatable bonds is 3. The zero-order chi connectivity index (χ0) is 15.4. The van der Waals surface area contributed by atoms with Crippen molar-refractivity contribution in [3.63, 3.8) is 0 Å². The van der Waals surface area contributed by atoms with Crippen LogP contribution in [0.25, 0.3) is 17.3 Å². The van der Waals surface area contributed by atoms with E-state index in [4.69, 9.17) is 21.8 Å². The standard InChI is InChI=1S/C14H11N5O2/c15-7-10-12(18-14(17)19-13(10)16)9-4-1-8(2-5-9)3-6-11(20)21/h1-6H,(H,20,21)(H4,16,17,18,19). The second kappa shape index (κ2) is 5.71. The molecule has 0 radical (unpaired) electrons. The highest BCUT2D eigenvalue weighted by molar-refractivity contribution is 5.85. The van der Waals surface area contributed by atoms with Gasteiger partial charge in [-0.2, -0.15) is 10.2 Å². The molecule has 5 N–H and O–H groups in total. The lowest BCUT2D eigenvalue weighted by molar-refractivity contribution is -0.131. The highest BCUT2D eigenvalue weighted by Gasteiger charge is 2.12. The van der Waals surface area contributed by atoms with Crippen molar-refractivity contribution in [3.05, 3.63) is 41.5 Å². The van der Waals surface area contributed by atoms with E-state index in [0.29, 0.717) is 16.8 Å². The van der Waals surface area contributed by atoms with Gasteiger partial charge in [-0.3, -0.25) is 0 Å². The van der Waals surface area contributed by atoms with Crippen LogP contribution in [0.5, 0.6) is 0 Å².